The number of sulfone groups is 1. The van der Waals surface area contributed by atoms with Gasteiger partial charge in [-0.1, -0.05) is 12.1 Å². The first-order valence-corrected chi connectivity index (χ1v) is 8.14. The Hall–Kier alpha value is -2.41. The minimum atomic E-state index is -3.22. The van der Waals surface area contributed by atoms with Crippen LogP contribution >= 0.6 is 0 Å². The highest BCUT2D eigenvalue weighted by Gasteiger charge is 2.13. The summed E-state index contributed by atoms with van der Waals surface area (Å²) in [5.41, 5.74) is 9.04. The first-order chi connectivity index (χ1) is 9.88. The van der Waals surface area contributed by atoms with Gasteiger partial charge in [0.15, 0.2) is 9.84 Å². The van der Waals surface area contributed by atoms with Gasteiger partial charge in [0, 0.05) is 18.0 Å². The maximum atomic E-state index is 11.7. The van der Waals surface area contributed by atoms with Crippen LogP contribution in [0, 0.1) is 6.92 Å². The SMILES string of the molecule is Cc1cc(-c2cnc(N)n3cncc23)ccc1S(C)(=O)=O. The number of nitrogens with zero attached hydrogens (tertiary/aromatic N) is 3. The van der Waals surface area contributed by atoms with Crippen molar-refractivity contribution in [2.75, 3.05) is 12.0 Å². The van der Waals surface area contributed by atoms with Gasteiger partial charge in [0.1, 0.15) is 6.33 Å². The molecule has 2 heterocycles. The van der Waals surface area contributed by atoms with Crippen LogP contribution in [0.3, 0.4) is 0 Å². The van der Waals surface area contributed by atoms with Gasteiger partial charge in [-0.05, 0) is 24.1 Å². The highest BCUT2D eigenvalue weighted by Crippen LogP contribution is 2.28. The van der Waals surface area contributed by atoms with E-state index in [9.17, 15) is 8.42 Å². The fourth-order valence-electron chi connectivity index (χ4n) is 2.39. The number of hydrogen-bond donors (Lipinski definition) is 1. The first-order valence-electron chi connectivity index (χ1n) is 6.25. The number of rotatable bonds is 2. The van der Waals surface area contributed by atoms with Crippen LogP contribution in [0.2, 0.25) is 0 Å². The van der Waals surface area contributed by atoms with Crippen molar-refractivity contribution in [2.45, 2.75) is 11.8 Å². The maximum absolute atomic E-state index is 11.7. The molecule has 0 saturated heterocycles. The molecule has 0 aliphatic carbocycles. The lowest BCUT2D eigenvalue weighted by molar-refractivity contribution is 0.601. The largest absolute Gasteiger partial charge is 0.369 e. The van der Waals surface area contributed by atoms with Crippen molar-refractivity contribution >= 4 is 21.3 Å². The van der Waals surface area contributed by atoms with Gasteiger partial charge in [-0.25, -0.2) is 18.4 Å². The van der Waals surface area contributed by atoms with E-state index >= 15 is 0 Å². The second-order valence-corrected chi connectivity index (χ2v) is 6.92. The van der Waals surface area contributed by atoms with E-state index in [0.29, 0.717) is 16.4 Å². The zero-order valence-electron chi connectivity index (χ0n) is 11.6. The third-order valence-electron chi connectivity index (χ3n) is 3.37. The van der Waals surface area contributed by atoms with Crippen molar-refractivity contribution < 1.29 is 8.42 Å². The lowest BCUT2D eigenvalue weighted by Gasteiger charge is -2.09. The molecule has 0 aliphatic heterocycles. The summed E-state index contributed by atoms with van der Waals surface area (Å²) in [7, 11) is -3.22. The van der Waals surface area contributed by atoms with Gasteiger partial charge in [0.05, 0.1) is 16.6 Å². The standard InChI is InChI=1S/C14H14N4O2S/c1-9-5-10(3-4-13(9)21(2,19)20)11-6-17-14(15)18-8-16-7-12(11)18/h3-8H,1-2H3,(H2,15,17). The predicted molar refractivity (Wildman–Crippen MR) is 80.7 cm³/mol. The van der Waals surface area contributed by atoms with E-state index in [4.69, 9.17) is 5.73 Å². The molecular weight excluding hydrogens is 288 g/mol. The van der Waals surface area contributed by atoms with Crippen LogP contribution in [0.1, 0.15) is 5.56 Å². The van der Waals surface area contributed by atoms with Gasteiger partial charge in [0.25, 0.3) is 0 Å². The molecule has 1 aromatic carbocycles. The van der Waals surface area contributed by atoms with Crippen molar-refractivity contribution in [3.63, 3.8) is 0 Å². The molecule has 0 fully saturated rings. The molecule has 21 heavy (non-hydrogen) atoms. The zero-order valence-corrected chi connectivity index (χ0v) is 12.4. The molecule has 0 aliphatic rings. The molecule has 0 amide bonds. The van der Waals surface area contributed by atoms with Crippen molar-refractivity contribution in [3.05, 3.63) is 42.5 Å². The summed E-state index contributed by atoms with van der Waals surface area (Å²) in [6.07, 6.45) is 6.17. The van der Waals surface area contributed by atoms with Crippen molar-refractivity contribution in [1.29, 1.82) is 0 Å². The molecule has 2 N–H and O–H groups in total. The number of fused-ring (bicyclic) bond motifs is 1. The summed E-state index contributed by atoms with van der Waals surface area (Å²) in [6, 6.07) is 5.21. The summed E-state index contributed by atoms with van der Waals surface area (Å²) in [5, 5.41) is 0. The number of hydrogen-bond acceptors (Lipinski definition) is 5. The lowest BCUT2D eigenvalue weighted by atomic mass is 10.1. The number of nitrogens with two attached hydrogens (primary N) is 1. The molecule has 0 radical (unpaired) electrons. The zero-order chi connectivity index (χ0) is 15.2. The first kappa shape index (κ1) is 13.6. The number of benzene rings is 1. The van der Waals surface area contributed by atoms with Crippen molar-refractivity contribution in [2.24, 2.45) is 0 Å². The third kappa shape index (κ3) is 2.25. The Labute approximate surface area is 122 Å². The molecule has 108 valence electrons. The molecular formula is C14H14N4O2S. The minimum Gasteiger partial charge on any atom is -0.369 e. The molecule has 0 bridgehead atoms. The molecule has 3 rings (SSSR count). The van der Waals surface area contributed by atoms with Crippen LogP contribution < -0.4 is 5.73 Å². The van der Waals surface area contributed by atoms with Crippen molar-refractivity contribution in [1.82, 2.24) is 14.4 Å². The van der Waals surface area contributed by atoms with Crippen LogP contribution in [-0.4, -0.2) is 29.0 Å². The quantitative estimate of drug-likeness (QED) is 0.778. The van der Waals surface area contributed by atoms with E-state index in [2.05, 4.69) is 9.97 Å². The van der Waals surface area contributed by atoms with E-state index in [0.717, 1.165) is 16.6 Å². The molecule has 7 heteroatoms. The molecule has 0 saturated carbocycles. The fraction of sp³-hybridized carbons (Fsp3) is 0.143. The van der Waals surface area contributed by atoms with Crippen LogP contribution in [-0.2, 0) is 9.84 Å². The Morgan fingerprint density at radius 3 is 2.67 bits per heavy atom. The normalized spacial score (nSPS) is 11.9. The van der Waals surface area contributed by atoms with Gasteiger partial charge in [-0.2, -0.15) is 0 Å². The van der Waals surface area contributed by atoms with Crippen molar-refractivity contribution in [3.8, 4) is 11.1 Å². The summed E-state index contributed by atoms with van der Waals surface area (Å²) in [6.45, 7) is 1.78. The van der Waals surface area contributed by atoms with E-state index in [1.54, 1.807) is 42.2 Å². The molecule has 0 spiro atoms. The number of anilines is 1. The second-order valence-electron chi connectivity index (χ2n) is 4.93. The average molecular weight is 302 g/mol. The van der Waals surface area contributed by atoms with Crippen LogP contribution in [0.4, 0.5) is 5.95 Å². The highest BCUT2D eigenvalue weighted by molar-refractivity contribution is 7.90. The molecule has 2 aromatic heterocycles. The average Bonchev–Trinajstić information content (AvgIpc) is 2.87. The van der Waals surface area contributed by atoms with Gasteiger partial charge in [0.2, 0.25) is 5.95 Å². The molecule has 0 atom stereocenters. The van der Waals surface area contributed by atoms with Gasteiger partial charge < -0.3 is 5.73 Å². The Balaban J connectivity index is 2.23. The number of aryl methyl sites for hydroxylation is 1. The summed E-state index contributed by atoms with van der Waals surface area (Å²) in [5.74, 6) is 0.357. The van der Waals surface area contributed by atoms with E-state index in [1.165, 1.54) is 6.26 Å². The van der Waals surface area contributed by atoms with Crippen LogP contribution in [0.5, 0.6) is 0 Å². The topological polar surface area (TPSA) is 90.3 Å². The lowest BCUT2D eigenvalue weighted by Crippen LogP contribution is -2.02. The summed E-state index contributed by atoms with van der Waals surface area (Å²) < 4.78 is 25.0. The summed E-state index contributed by atoms with van der Waals surface area (Å²) in [4.78, 5) is 8.55. The predicted octanol–water partition coefficient (Wildman–Crippen LogP) is 1.69. The number of imidazole rings is 1. The van der Waals surface area contributed by atoms with E-state index in [-0.39, 0.29) is 0 Å². The van der Waals surface area contributed by atoms with E-state index < -0.39 is 9.84 Å². The Morgan fingerprint density at radius 2 is 2.00 bits per heavy atom. The monoisotopic (exact) mass is 302 g/mol. The van der Waals surface area contributed by atoms with Gasteiger partial charge in [-0.15, -0.1) is 0 Å². The minimum absolute atomic E-state index is 0.333. The second kappa shape index (κ2) is 4.56. The number of nitrogen functional groups attached to an aromatic ring is 1. The van der Waals surface area contributed by atoms with Crippen LogP contribution in [0.15, 0.2) is 41.8 Å². The Morgan fingerprint density at radius 1 is 1.24 bits per heavy atom. The highest BCUT2D eigenvalue weighted by atomic mass is 32.2. The van der Waals surface area contributed by atoms with Gasteiger partial charge in [-0.3, -0.25) is 4.40 Å². The fourth-order valence-corrected chi connectivity index (χ4v) is 3.35. The third-order valence-corrected chi connectivity index (χ3v) is 4.63. The molecule has 3 aromatic rings. The van der Waals surface area contributed by atoms with E-state index in [1.807, 2.05) is 6.07 Å². The Bertz CT molecular complexity index is 945. The number of aromatic nitrogens is 3. The maximum Gasteiger partial charge on any atom is 0.206 e. The van der Waals surface area contributed by atoms with Gasteiger partial charge >= 0.3 is 0 Å². The Kier molecular flexibility index (Phi) is 2.94. The smallest absolute Gasteiger partial charge is 0.206 e. The van der Waals surface area contributed by atoms with Crippen LogP contribution in [0.25, 0.3) is 16.6 Å². The summed E-state index contributed by atoms with van der Waals surface area (Å²) >= 11 is 0. The molecule has 6 nitrogen and oxygen atoms in total. The molecule has 0 unspecified atom stereocenters.